The quantitative estimate of drug-likeness (QED) is 0.0103. The van der Waals surface area contributed by atoms with Crippen LogP contribution in [0.5, 0.6) is 0 Å². The Kier molecular flexibility index (Phi) is 38.7. The van der Waals surface area contributed by atoms with Gasteiger partial charge in [-0.15, -0.1) is 0 Å². The predicted octanol–water partition coefficient (Wildman–Crippen LogP) is 9.08. The summed E-state index contributed by atoms with van der Waals surface area (Å²) >= 11 is 0. The molecule has 31 heteroatoms. The summed E-state index contributed by atoms with van der Waals surface area (Å²) in [5.74, 6) is -7.44. The lowest BCUT2D eigenvalue weighted by molar-refractivity contribution is -0.149. The van der Waals surface area contributed by atoms with Gasteiger partial charge in [0.15, 0.2) is 0 Å². The Morgan fingerprint density at radius 1 is 0.342 bits per heavy atom. The van der Waals surface area contributed by atoms with Gasteiger partial charge < -0.3 is 54.2 Å². The second kappa shape index (κ2) is 50.6. The van der Waals surface area contributed by atoms with Crippen molar-refractivity contribution in [3.63, 3.8) is 0 Å². The average Bonchev–Trinajstić information content (AvgIpc) is 0.843. The van der Waals surface area contributed by atoms with Crippen molar-refractivity contribution in [3.8, 4) is 0 Å². The fourth-order valence-corrected chi connectivity index (χ4v) is 13.8. The molecule has 1 heterocycles. The largest absolute Gasteiger partial charge is 0.513 e. The molecule has 0 spiro atoms. The van der Waals surface area contributed by atoms with Crippen molar-refractivity contribution >= 4 is 73.4 Å². The predicted molar refractivity (Wildman–Crippen MR) is 438 cm³/mol. The maximum Gasteiger partial charge on any atom is 0.513 e. The first-order valence-electron chi connectivity index (χ1n) is 39.4. The molecule has 1 aliphatic rings. The lowest BCUT2D eigenvalue weighted by Crippen LogP contribution is -2.50. The molecular weight excluding hydrogens is 1560 g/mol. The van der Waals surface area contributed by atoms with Gasteiger partial charge in [0.05, 0.1) is 39.4 Å². The van der Waals surface area contributed by atoms with E-state index in [1.807, 2.05) is 111 Å². The number of hydrogen-bond donors (Lipinski definition) is 5. The number of carbonyl (C=O) groups excluding carboxylic acids is 10. The van der Waals surface area contributed by atoms with Crippen LogP contribution in [0.25, 0.3) is 0 Å². The summed E-state index contributed by atoms with van der Waals surface area (Å²) < 4.78 is 64.9. The Balaban J connectivity index is 0.822. The summed E-state index contributed by atoms with van der Waals surface area (Å²) in [4.78, 5) is 156. The van der Waals surface area contributed by atoms with E-state index in [2.05, 4.69) is 25.8 Å². The van der Waals surface area contributed by atoms with E-state index in [1.54, 1.807) is 133 Å². The van der Waals surface area contributed by atoms with E-state index < -0.39 is 111 Å². The van der Waals surface area contributed by atoms with Gasteiger partial charge in [0.25, 0.3) is 5.91 Å². The summed E-state index contributed by atoms with van der Waals surface area (Å²) in [6.45, 7) is 1.13. The first-order chi connectivity index (χ1) is 58.2. The molecule has 1 saturated heterocycles. The summed E-state index contributed by atoms with van der Waals surface area (Å²) in [5, 5.41) is 20.2. The van der Waals surface area contributed by atoms with E-state index in [4.69, 9.17) is 37.5 Å². The number of hydrogen-bond acceptors (Lipinski definition) is 25. The lowest BCUT2D eigenvalue weighted by atomic mass is 10.1. The highest BCUT2D eigenvalue weighted by atomic mass is 31.2. The number of ether oxygens (including phenoxy) is 7. The van der Waals surface area contributed by atoms with Gasteiger partial charge in [-0.05, 0) is 75.9 Å². The van der Waals surface area contributed by atoms with Crippen molar-refractivity contribution in [2.75, 3.05) is 91.7 Å². The van der Waals surface area contributed by atoms with Gasteiger partial charge in [0.2, 0.25) is 11.8 Å². The number of nitrogens with zero attached hydrogens (tertiary/aromatic N) is 4. The number of carboxylic acid groups (broad SMARTS) is 1. The normalized spacial score (nSPS) is 14.2. The van der Waals surface area contributed by atoms with E-state index in [-0.39, 0.29) is 103 Å². The molecule has 4 atom stereocenters. The molecule has 0 aliphatic carbocycles. The van der Waals surface area contributed by atoms with Gasteiger partial charge in [-0.1, -0.05) is 224 Å². The first kappa shape index (κ1) is 91.8. The Labute approximate surface area is 696 Å². The van der Waals surface area contributed by atoms with Crippen LogP contribution < -0.4 is 21.0 Å². The van der Waals surface area contributed by atoms with Gasteiger partial charge >= 0.3 is 55.7 Å². The highest BCUT2D eigenvalue weighted by molar-refractivity contribution is 7.51. The van der Waals surface area contributed by atoms with E-state index in [0.717, 1.165) is 16.7 Å². The highest BCUT2D eigenvalue weighted by Crippen LogP contribution is 2.46. The van der Waals surface area contributed by atoms with Crippen molar-refractivity contribution in [1.82, 2.24) is 40.6 Å². The van der Waals surface area contributed by atoms with Crippen LogP contribution in [0.1, 0.15) is 87.0 Å². The van der Waals surface area contributed by atoms with Crippen LogP contribution in [0.2, 0.25) is 0 Å². The fraction of sp³-hybridized carbons (Fsp3) is 0.337. The minimum Gasteiger partial charge on any atom is -0.461 e. The molecule has 5 N–H and O–H groups in total. The minimum absolute atomic E-state index is 0.0589. The molecule has 0 bridgehead atoms. The van der Waals surface area contributed by atoms with Gasteiger partial charge in [0.1, 0.15) is 57.8 Å². The van der Waals surface area contributed by atoms with Crippen molar-refractivity contribution in [3.05, 3.63) is 287 Å². The maximum absolute atomic E-state index is 14.9. The third-order valence-electron chi connectivity index (χ3n) is 18.9. The zero-order valence-corrected chi connectivity index (χ0v) is 67.5. The van der Waals surface area contributed by atoms with E-state index in [1.165, 1.54) is 12.1 Å². The molecule has 120 heavy (non-hydrogen) atoms. The van der Waals surface area contributed by atoms with Crippen molar-refractivity contribution in [1.29, 1.82) is 0 Å². The molecule has 4 unspecified atom stereocenters. The van der Waals surface area contributed by atoms with E-state index in [9.17, 15) is 62.4 Å². The minimum atomic E-state index is -4.74. The lowest BCUT2D eigenvalue weighted by Gasteiger charge is -2.33. The van der Waals surface area contributed by atoms with Crippen LogP contribution in [-0.2, 0) is 143 Å². The summed E-state index contributed by atoms with van der Waals surface area (Å²) in [6, 6.07) is 64.0. The molecule has 0 radical (unpaired) electrons. The summed E-state index contributed by atoms with van der Waals surface area (Å²) in [7, 11) is -4.74. The third-order valence-corrected chi connectivity index (χ3v) is 20.5. The van der Waals surface area contributed by atoms with E-state index in [0.29, 0.717) is 86.6 Å². The van der Waals surface area contributed by atoms with Crippen LogP contribution in [0.3, 0.4) is 0 Å². The smallest absolute Gasteiger partial charge is 0.461 e. The Morgan fingerprint density at radius 2 is 0.683 bits per heavy atom. The standard InChI is InChI=1S/C89H101N8O22P/c98-79(91-77(88(107)119-89(108)109)45-55-117-120(110,118-66-74-34-20-7-21-35-74)93-78(87(106)116-65-73-32-18-6-19-33-73)41-43-81(100)111-60-68-22-8-1-9-23-68)42-40-76(86(105)115-64-72-30-16-5-17-31-72)92-85(104)75-38-36-67(37-39-75)44-46-90-80(99)56-94-47-49-95(57-82(101)112-61-69-24-10-2-11-25-69)51-53-97(59-84(103)114-63-71-28-14-4-15-29-71)54-52-96(50-48-94)58-83(102)113-62-70-26-12-3-13-27-70/h1-39,76-78H,40-66H2,(H,90,99)(H,91,98)(H,92,104)(H,93,110)(H,108,109). The molecule has 8 aromatic rings. The Bertz CT molecular complexity index is 4520. The Hall–Kier alpha value is -12.1. The fourth-order valence-electron chi connectivity index (χ4n) is 12.3. The number of carbonyl (C=O) groups is 11. The van der Waals surface area contributed by atoms with E-state index >= 15 is 0 Å². The van der Waals surface area contributed by atoms with Crippen LogP contribution in [0, 0.1) is 0 Å². The zero-order valence-electron chi connectivity index (χ0n) is 66.6. The molecule has 0 saturated carbocycles. The molecule has 9 rings (SSSR count). The second-order valence-electron chi connectivity index (χ2n) is 28.1. The van der Waals surface area contributed by atoms with Crippen LogP contribution >= 0.6 is 7.75 Å². The molecule has 3 amide bonds. The van der Waals surface area contributed by atoms with Gasteiger partial charge in [-0.2, -0.15) is 0 Å². The molecule has 634 valence electrons. The monoisotopic (exact) mass is 1660 g/mol. The third kappa shape index (κ3) is 35.2. The zero-order chi connectivity index (χ0) is 84.9. The first-order valence-corrected chi connectivity index (χ1v) is 41.0. The molecule has 1 fully saturated rings. The van der Waals surface area contributed by atoms with Gasteiger partial charge in [0, 0.05) is 83.7 Å². The second-order valence-corrected chi connectivity index (χ2v) is 29.9. The van der Waals surface area contributed by atoms with Crippen LogP contribution in [0.4, 0.5) is 4.79 Å². The SMILES string of the molecule is O=C(CN1CCN(CC(=O)OCc2ccccc2)CCN(CC(=O)OCc2ccccc2)CCN(CC(=O)OCc2ccccc2)CC1)NCCc1ccc(C(=O)NC(CCC(=O)NC(CCOP(=O)(NC(CCC(=O)OCc2ccccc2)C(=O)OCc2ccccc2)OCc2ccccc2)C(=O)OC(=O)O)C(=O)OCc2ccccc2)cc1. The summed E-state index contributed by atoms with van der Waals surface area (Å²) in [5.41, 5.74) is 5.73. The van der Waals surface area contributed by atoms with Crippen molar-refractivity contribution < 1.29 is 105 Å². The molecule has 1 aliphatic heterocycles. The average molecular weight is 1670 g/mol. The number of amides is 3. The summed E-state index contributed by atoms with van der Waals surface area (Å²) in [6.07, 6.45) is -4.05. The van der Waals surface area contributed by atoms with Crippen LogP contribution in [0.15, 0.2) is 237 Å². The Morgan fingerprint density at radius 3 is 1.07 bits per heavy atom. The van der Waals surface area contributed by atoms with Gasteiger partial charge in [-0.3, -0.25) is 67.0 Å². The molecule has 0 aromatic heterocycles. The van der Waals surface area contributed by atoms with Crippen molar-refractivity contribution in [2.45, 2.75) is 103 Å². The molecular formula is C89H101N8O22P. The van der Waals surface area contributed by atoms with Crippen LogP contribution in [-0.4, -0.2) is 200 Å². The van der Waals surface area contributed by atoms with Gasteiger partial charge in [-0.25, -0.2) is 24.0 Å². The molecule has 8 aromatic carbocycles. The number of nitrogens with one attached hydrogen (secondary N) is 4. The highest BCUT2D eigenvalue weighted by Gasteiger charge is 2.36. The topological polar surface area (TPSA) is 369 Å². The molecule has 30 nitrogen and oxygen atoms in total. The maximum atomic E-state index is 14.9. The number of esters is 7. The van der Waals surface area contributed by atoms with Crippen molar-refractivity contribution in [2.24, 2.45) is 0 Å². The number of benzene rings is 8. The number of rotatable bonds is 44.